The fraction of sp³-hybridized carbons (Fsp3) is 0.727. The summed E-state index contributed by atoms with van der Waals surface area (Å²) in [5.74, 6) is 0. The molecule has 0 spiro atoms. The van der Waals surface area contributed by atoms with Crippen molar-refractivity contribution < 1.29 is 0 Å². The number of rotatable bonds is 0. The fourth-order valence-corrected chi connectivity index (χ4v) is 1.31. The summed E-state index contributed by atoms with van der Waals surface area (Å²) in [7, 11) is 0. The van der Waals surface area contributed by atoms with Gasteiger partial charge in [0.05, 0.1) is 11.2 Å². The van der Waals surface area contributed by atoms with E-state index in [0.717, 1.165) is 5.69 Å². The zero-order valence-electron chi connectivity index (χ0n) is 7.97. The molecule has 1 heterocycles. The lowest BCUT2D eigenvalue weighted by molar-refractivity contribution is 0.346. The van der Waals surface area contributed by atoms with Gasteiger partial charge in [0, 0.05) is 5.69 Å². The summed E-state index contributed by atoms with van der Waals surface area (Å²) in [6.45, 7) is 10.6. The molecule has 2 nitrogen and oxygen atoms in total. The quantitative estimate of drug-likeness (QED) is 0.603. The highest BCUT2D eigenvalue weighted by Gasteiger charge is 2.15. The predicted molar refractivity (Wildman–Crippen MR) is 60.2 cm³/mol. The van der Waals surface area contributed by atoms with E-state index in [0.29, 0.717) is 0 Å². The summed E-state index contributed by atoms with van der Waals surface area (Å²) in [6.07, 6.45) is 0. The minimum absolute atomic E-state index is 0. The molecule has 0 saturated heterocycles. The topological polar surface area (TPSA) is 17.8 Å². The van der Waals surface area contributed by atoms with Gasteiger partial charge in [-0.25, -0.2) is 0 Å². The van der Waals surface area contributed by atoms with Crippen molar-refractivity contribution in [2.45, 2.75) is 55.0 Å². The van der Waals surface area contributed by atoms with Gasteiger partial charge in [0.15, 0.2) is 0 Å². The molecule has 0 saturated carbocycles. The lowest BCUT2D eigenvalue weighted by Crippen LogP contribution is -2.24. The van der Waals surface area contributed by atoms with Crippen LogP contribution in [0.15, 0.2) is 6.07 Å². The molecule has 0 atom stereocenters. The molecule has 1 rings (SSSR count). The Kier molecular flexibility index (Phi) is 5.04. The molecule has 0 unspecified atom stereocenters. The van der Waals surface area contributed by atoms with Crippen LogP contribution >= 0.6 is 0 Å². The predicted octanol–water partition coefficient (Wildman–Crippen LogP) is 3.53. The van der Waals surface area contributed by atoms with E-state index < -0.39 is 0 Å². The highest BCUT2D eigenvalue weighted by molar-refractivity contribution is 5.08. The molecule has 0 aromatic carbocycles. The average Bonchev–Trinajstić information content (AvgIpc) is 2.08. The molecule has 0 N–H and O–H groups in total. The molecular formula is C11H24N2. The number of hydrogen-bond donors (Lipinski definition) is 0. The Bertz CT molecular complexity index is 254. The van der Waals surface area contributed by atoms with Crippen molar-refractivity contribution in [3.63, 3.8) is 0 Å². The summed E-state index contributed by atoms with van der Waals surface area (Å²) in [5, 5.41) is 4.40. The van der Waals surface area contributed by atoms with Crippen molar-refractivity contribution in [1.29, 1.82) is 0 Å². The molecule has 1 aromatic heterocycles. The van der Waals surface area contributed by atoms with E-state index in [2.05, 4.69) is 43.5 Å². The third-order valence-electron chi connectivity index (χ3n) is 1.65. The molecule has 0 radical (unpaired) electrons. The summed E-state index contributed by atoms with van der Waals surface area (Å²) < 4.78 is 2.06. The largest absolute Gasteiger partial charge is 0.264 e. The number of aryl methyl sites for hydroxylation is 2. The van der Waals surface area contributed by atoms with Crippen molar-refractivity contribution in [2.24, 2.45) is 0 Å². The van der Waals surface area contributed by atoms with Gasteiger partial charge in [-0.05, 0) is 40.7 Å². The molecule has 0 aliphatic carbocycles. The Labute approximate surface area is 83.0 Å². The van der Waals surface area contributed by atoms with Gasteiger partial charge < -0.3 is 0 Å². The smallest absolute Gasteiger partial charge is 0.0596 e. The summed E-state index contributed by atoms with van der Waals surface area (Å²) in [4.78, 5) is 0. The van der Waals surface area contributed by atoms with Crippen molar-refractivity contribution in [3.8, 4) is 0 Å². The fourth-order valence-electron chi connectivity index (χ4n) is 1.31. The van der Waals surface area contributed by atoms with Crippen LogP contribution in [0.25, 0.3) is 0 Å². The lowest BCUT2D eigenvalue weighted by Gasteiger charge is -2.21. The van der Waals surface area contributed by atoms with Crippen molar-refractivity contribution >= 4 is 0 Å². The molecule has 0 aliphatic heterocycles. The Hall–Kier alpha value is -0.790. The molecule has 0 fully saturated rings. The average molecular weight is 184 g/mol. The molecule has 2 heteroatoms. The highest BCUT2D eigenvalue weighted by Crippen LogP contribution is 2.15. The van der Waals surface area contributed by atoms with E-state index in [-0.39, 0.29) is 20.4 Å². The summed E-state index contributed by atoms with van der Waals surface area (Å²) >= 11 is 0. The van der Waals surface area contributed by atoms with Crippen LogP contribution in [-0.2, 0) is 5.54 Å². The zero-order chi connectivity index (χ0) is 8.65. The Balaban J connectivity index is 0. The van der Waals surface area contributed by atoms with Crippen LogP contribution in [-0.4, -0.2) is 9.78 Å². The summed E-state index contributed by atoms with van der Waals surface area (Å²) in [5.41, 5.74) is 2.44. The maximum Gasteiger partial charge on any atom is 0.0596 e. The second-order valence-electron chi connectivity index (χ2n) is 4.01. The first-order chi connectivity index (χ1) is 4.91. The van der Waals surface area contributed by atoms with Crippen LogP contribution in [0.2, 0.25) is 0 Å². The second kappa shape index (κ2) is 4.45. The van der Waals surface area contributed by atoms with Gasteiger partial charge in [0.2, 0.25) is 0 Å². The Morgan fingerprint density at radius 2 is 1.62 bits per heavy atom. The Morgan fingerprint density at radius 3 is 1.77 bits per heavy atom. The standard InChI is InChI=1S/C9H16N2.2CH4/c1-7-6-8(2)11(10-7)9(3,4)5;;/h6H,1-5H3;2*1H4. The first-order valence-electron chi connectivity index (χ1n) is 3.95. The first kappa shape index (κ1) is 14.7. The van der Waals surface area contributed by atoms with Crippen molar-refractivity contribution in [1.82, 2.24) is 9.78 Å². The van der Waals surface area contributed by atoms with Crippen LogP contribution in [0, 0.1) is 13.8 Å². The first-order valence-corrected chi connectivity index (χ1v) is 3.95. The minimum atomic E-state index is 0. The second-order valence-corrected chi connectivity index (χ2v) is 4.01. The van der Waals surface area contributed by atoms with Crippen LogP contribution in [0.5, 0.6) is 0 Å². The van der Waals surface area contributed by atoms with E-state index in [1.54, 1.807) is 0 Å². The summed E-state index contributed by atoms with van der Waals surface area (Å²) in [6, 6.07) is 2.10. The molecule has 0 aliphatic rings. The van der Waals surface area contributed by atoms with Crippen LogP contribution in [0.1, 0.15) is 47.0 Å². The van der Waals surface area contributed by atoms with Crippen LogP contribution < -0.4 is 0 Å². The minimum Gasteiger partial charge on any atom is -0.264 e. The van der Waals surface area contributed by atoms with E-state index in [9.17, 15) is 0 Å². The van der Waals surface area contributed by atoms with E-state index in [1.807, 2.05) is 6.92 Å². The molecule has 13 heavy (non-hydrogen) atoms. The van der Waals surface area contributed by atoms with Crippen molar-refractivity contribution in [2.75, 3.05) is 0 Å². The van der Waals surface area contributed by atoms with Gasteiger partial charge in [-0.15, -0.1) is 0 Å². The molecule has 78 valence electrons. The normalized spacial score (nSPS) is 10.2. The Morgan fingerprint density at radius 1 is 1.15 bits per heavy atom. The van der Waals surface area contributed by atoms with E-state index >= 15 is 0 Å². The SMILES string of the molecule is C.C.Cc1cc(C)n(C(C)(C)C)n1. The maximum atomic E-state index is 4.40. The highest BCUT2D eigenvalue weighted by atomic mass is 15.3. The van der Waals surface area contributed by atoms with Gasteiger partial charge in [-0.2, -0.15) is 5.10 Å². The van der Waals surface area contributed by atoms with Crippen LogP contribution in [0.3, 0.4) is 0 Å². The van der Waals surface area contributed by atoms with Gasteiger partial charge in [-0.1, -0.05) is 14.9 Å². The number of hydrogen-bond acceptors (Lipinski definition) is 1. The third kappa shape index (κ3) is 3.21. The zero-order valence-corrected chi connectivity index (χ0v) is 7.97. The molecule has 0 bridgehead atoms. The molecule has 1 aromatic rings. The van der Waals surface area contributed by atoms with E-state index in [1.165, 1.54) is 5.69 Å². The van der Waals surface area contributed by atoms with Crippen LogP contribution in [0.4, 0.5) is 0 Å². The molecular weight excluding hydrogens is 160 g/mol. The van der Waals surface area contributed by atoms with Gasteiger partial charge in [0.1, 0.15) is 0 Å². The van der Waals surface area contributed by atoms with Gasteiger partial charge >= 0.3 is 0 Å². The number of aromatic nitrogens is 2. The third-order valence-corrected chi connectivity index (χ3v) is 1.65. The molecule has 0 amide bonds. The number of nitrogens with zero attached hydrogens (tertiary/aromatic N) is 2. The van der Waals surface area contributed by atoms with Gasteiger partial charge in [-0.3, -0.25) is 4.68 Å². The monoisotopic (exact) mass is 184 g/mol. The van der Waals surface area contributed by atoms with E-state index in [4.69, 9.17) is 0 Å². The lowest BCUT2D eigenvalue weighted by atomic mass is 10.1. The van der Waals surface area contributed by atoms with Gasteiger partial charge in [0.25, 0.3) is 0 Å². The van der Waals surface area contributed by atoms with Crippen molar-refractivity contribution in [3.05, 3.63) is 17.5 Å². The maximum absolute atomic E-state index is 4.40.